The lowest BCUT2D eigenvalue weighted by Gasteiger charge is -2.10. The molecule has 0 saturated carbocycles. The molecule has 0 atom stereocenters. The molecule has 1 aromatic carbocycles. The molecule has 0 spiro atoms. The highest BCUT2D eigenvalue weighted by molar-refractivity contribution is 9.10. The number of esters is 1. The number of ether oxygens (including phenoxy) is 1. The first-order valence-corrected chi connectivity index (χ1v) is 6.34. The highest BCUT2D eigenvalue weighted by Crippen LogP contribution is 2.26. The van der Waals surface area contributed by atoms with Crippen LogP contribution < -0.4 is 11.1 Å². The Kier molecular flexibility index (Phi) is 5.49. The maximum atomic E-state index is 13.9. The third-order valence-corrected chi connectivity index (χ3v) is 3.07. The number of benzene rings is 1. The van der Waals surface area contributed by atoms with Crippen LogP contribution in [0.4, 0.5) is 10.1 Å². The standard InChI is InChI=1S/C11H12BrFN2O2S/c1-2-17-8(16)5-15-7-4-3-6(11(14)18)9(12)10(7)13/h3-4,15H,2,5H2,1H3,(H2,14,18). The largest absolute Gasteiger partial charge is 0.465 e. The van der Waals surface area contributed by atoms with Crippen LogP contribution in [0.15, 0.2) is 16.6 Å². The zero-order chi connectivity index (χ0) is 13.7. The molecule has 0 aliphatic rings. The van der Waals surface area contributed by atoms with Gasteiger partial charge in [-0.05, 0) is 35.0 Å². The maximum absolute atomic E-state index is 13.9. The summed E-state index contributed by atoms with van der Waals surface area (Å²) >= 11 is 7.85. The Balaban J connectivity index is 2.83. The summed E-state index contributed by atoms with van der Waals surface area (Å²) in [6, 6.07) is 3.04. The molecule has 0 bridgehead atoms. The molecule has 0 saturated heterocycles. The van der Waals surface area contributed by atoms with Gasteiger partial charge in [-0.3, -0.25) is 4.79 Å². The maximum Gasteiger partial charge on any atom is 0.325 e. The molecule has 3 N–H and O–H groups in total. The molecule has 0 fully saturated rings. The third kappa shape index (κ3) is 3.64. The first-order chi connectivity index (χ1) is 8.47. The fourth-order valence-electron chi connectivity index (χ4n) is 1.26. The van der Waals surface area contributed by atoms with E-state index in [0.29, 0.717) is 5.56 Å². The first kappa shape index (κ1) is 14.8. The third-order valence-electron chi connectivity index (χ3n) is 2.08. The molecule has 1 aromatic rings. The van der Waals surface area contributed by atoms with Crippen molar-refractivity contribution in [1.82, 2.24) is 0 Å². The van der Waals surface area contributed by atoms with E-state index in [4.69, 9.17) is 22.7 Å². The normalized spacial score (nSPS) is 9.94. The van der Waals surface area contributed by atoms with Gasteiger partial charge >= 0.3 is 5.97 Å². The van der Waals surface area contributed by atoms with Gasteiger partial charge in [0.1, 0.15) is 11.5 Å². The second-order valence-corrected chi connectivity index (χ2v) is 4.54. The van der Waals surface area contributed by atoms with Crippen LogP contribution >= 0.6 is 28.1 Å². The van der Waals surface area contributed by atoms with Crippen LogP contribution in [0.2, 0.25) is 0 Å². The smallest absolute Gasteiger partial charge is 0.325 e. The fourth-order valence-corrected chi connectivity index (χ4v) is 2.12. The van der Waals surface area contributed by atoms with E-state index < -0.39 is 11.8 Å². The molecule has 0 radical (unpaired) electrons. The van der Waals surface area contributed by atoms with Crippen LogP contribution in [0, 0.1) is 5.82 Å². The Morgan fingerprint density at radius 2 is 2.28 bits per heavy atom. The molecule has 0 amide bonds. The topological polar surface area (TPSA) is 64.3 Å². The number of hydrogen-bond acceptors (Lipinski definition) is 4. The Hall–Kier alpha value is -1.21. The second kappa shape index (κ2) is 6.65. The van der Waals surface area contributed by atoms with Crippen LogP contribution in [0.25, 0.3) is 0 Å². The zero-order valence-electron chi connectivity index (χ0n) is 9.63. The lowest BCUT2D eigenvalue weighted by molar-refractivity contribution is -0.140. The predicted molar refractivity (Wildman–Crippen MR) is 75.1 cm³/mol. The van der Waals surface area contributed by atoms with E-state index in [1.54, 1.807) is 13.0 Å². The van der Waals surface area contributed by atoms with Crippen molar-refractivity contribution >= 4 is 44.8 Å². The summed E-state index contributed by atoms with van der Waals surface area (Å²) in [5, 5.41) is 2.64. The molecule has 0 heterocycles. The summed E-state index contributed by atoms with van der Waals surface area (Å²) in [4.78, 5) is 11.2. The van der Waals surface area contributed by atoms with E-state index >= 15 is 0 Å². The van der Waals surface area contributed by atoms with Gasteiger partial charge in [-0.2, -0.15) is 0 Å². The van der Waals surface area contributed by atoms with E-state index in [0.717, 1.165) is 0 Å². The number of hydrogen-bond donors (Lipinski definition) is 2. The lowest BCUT2D eigenvalue weighted by Crippen LogP contribution is -2.18. The molecule has 0 unspecified atom stereocenters. The highest BCUT2D eigenvalue weighted by Gasteiger charge is 2.13. The van der Waals surface area contributed by atoms with Crippen LogP contribution in [0.3, 0.4) is 0 Å². The fraction of sp³-hybridized carbons (Fsp3) is 0.273. The summed E-state index contributed by atoms with van der Waals surface area (Å²) < 4.78 is 18.8. The van der Waals surface area contributed by atoms with Crippen molar-refractivity contribution in [3.8, 4) is 0 Å². The van der Waals surface area contributed by atoms with E-state index in [2.05, 4.69) is 21.2 Å². The summed E-state index contributed by atoms with van der Waals surface area (Å²) in [6.07, 6.45) is 0. The minimum Gasteiger partial charge on any atom is -0.465 e. The average Bonchev–Trinajstić information content (AvgIpc) is 2.31. The van der Waals surface area contributed by atoms with Crippen molar-refractivity contribution in [3.05, 3.63) is 28.0 Å². The van der Waals surface area contributed by atoms with E-state index in [1.165, 1.54) is 6.07 Å². The van der Waals surface area contributed by atoms with Gasteiger partial charge in [0, 0.05) is 5.56 Å². The Bertz CT molecular complexity index is 482. The van der Waals surface area contributed by atoms with Gasteiger partial charge in [-0.1, -0.05) is 12.2 Å². The van der Waals surface area contributed by atoms with Crippen LogP contribution in [-0.4, -0.2) is 24.1 Å². The van der Waals surface area contributed by atoms with Crippen molar-refractivity contribution in [2.24, 2.45) is 5.73 Å². The summed E-state index contributed by atoms with van der Waals surface area (Å²) in [5.74, 6) is -1.00. The molecule has 0 aliphatic heterocycles. The minimum absolute atomic E-state index is 0.0951. The van der Waals surface area contributed by atoms with Gasteiger partial charge in [-0.25, -0.2) is 4.39 Å². The monoisotopic (exact) mass is 334 g/mol. The molecular weight excluding hydrogens is 323 g/mol. The number of nitrogens with two attached hydrogens (primary N) is 1. The second-order valence-electron chi connectivity index (χ2n) is 3.31. The number of carbonyl (C=O) groups excluding carboxylic acids is 1. The van der Waals surface area contributed by atoms with Crippen molar-refractivity contribution in [2.75, 3.05) is 18.5 Å². The first-order valence-electron chi connectivity index (χ1n) is 5.14. The average molecular weight is 335 g/mol. The Labute approximate surface area is 118 Å². The summed E-state index contributed by atoms with van der Waals surface area (Å²) in [6.45, 7) is 1.88. The number of halogens is 2. The molecule has 0 aliphatic carbocycles. The highest BCUT2D eigenvalue weighted by atomic mass is 79.9. The molecule has 98 valence electrons. The molecule has 4 nitrogen and oxygen atoms in total. The van der Waals surface area contributed by atoms with Crippen LogP contribution in [0.5, 0.6) is 0 Å². The molecule has 1 rings (SSSR count). The van der Waals surface area contributed by atoms with E-state index in [1.807, 2.05) is 0 Å². The quantitative estimate of drug-likeness (QED) is 0.638. The number of thiocarbonyl (C=S) groups is 1. The van der Waals surface area contributed by atoms with Gasteiger partial charge in [0.15, 0.2) is 5.82 Å². The summed E-state index contributed by atoms with van der Waals surface area (Å²) in [5.41, 5.74) is 6.02. The summed E-state index contributed by atoms with van der Waals surface area (Å²) in [7, 11) is 0. The zero-order valence-corrected chi connectivity index (χ0v) is 12.0. The van der Waals surface area contributed by atoms with E-state index in [-0.39, 0.29) is 28.3 Å². The molecule has 18 heavy (non-hydrogen) atoms. The molecular formula is C11H12BrFN2O2S. The minimum atomic E-state index is -0.551. The van der Waals surface area contributed by atoms with Gasteiger partial charge < -0.3 is 15.8 Å². The number of carbonyl (C=O) groups is 1. The molecule has 7 heteroatoms. The predicted octanol–water partition coefficient (Wildman–Crippen LogP) is 2.20. The van der Waals surface area contributed by atoms with E-state index in [9.17, 15) is 9.18 Å². The Morgan fingerprint density at radius 3 is 2.83 bits per heavy atom. The number of anilines is 1. The van der Waals surface area contributed by atoms with Gasteiger partial charge in [0.25, 0.3) is 0 Å². The Morgan fingerprint density at radius 1 is 1.61 bits per heavy atom. The van der Waals surface area contributed by atoms with Crippen molar-refractivity contribution < 1.29 is 13.9 Å². The lowest BCUT2D eigenvalue weighted by atomic mass is 10.2. The molecule has 0 aromatic heterocycles. The van der Waals surface area contributed by atoms with Crippen molar-refractivity contribution in [2.45, 2.75) is 6.92 Å². The van der Waals surface area contributed by atoms with Crippen molar-refractivity contribution in [1.29, 1.82) is 0 Å². The SMILES string of the molecule is CCOC(=O)CNc1ccc(C(N)=S)c(Br)c1F. The van der Waals surface area contributed by atoms with Gasteiger partial charge in [0.2, 0.25) is 0 Å². The number of nitrogens with one attached hydrogen (secondary N) is 1. The van der Waals surface area contributed by atoms with Crippen LogP contribution in [-0.2, 0) is 9.53 Å². The number of rotatable bonds is 5. The van der Waals surface area contributed by atoms with Gasteiger partial charge in [0.05, 0.1) is 16.8 Å². The van der Waals surface area contributed by atoms with Crippen molar-refractivity contribution in [3.63, 3.8) is 0 Å². The van der Waals surface area contributed by atoms with Crippen LogP contribution in [0.1, 0.15) is 12.5 Å². The van der Waals surface area contributed by atoms with Gasteiger partial charge in [-0.15, -0.1) is 0 Å².